The van der Waals surface area contributed by atoms with E-state index in [1.165, 1.54) is 10.5 Å². The second-order valence-corrected chi connectivity index (χ2v) is 13.6. The van der Waals surface area contributed by atoms with Crippen molar-refractivity contribution in [1.29, 1.82) is 0 Å². The lowest BCUT2D eigenvalue weighted by Gasteiger charge is -2.60. The van der Waals surface area contributed by atoms with Crippen molar-refractivity contribution < 1.29 is 13.5 Å². The highest BCUT2D eigenvalue weighted by Crippen LogP contribution is 2.67. The lowest BCUT2D eigenvalue weighted by Crippen LogP contribution is -2.56. The average molecular weight is 459 g/mol. The molecule has 0 saturated heterocycles. The second kappa shape index (κ2) is 7.34. The fourth-order valence-electron chi connectivity index (χ4n) is 8.34. The van der Waals surface area contributed by atoms with Crippen molar-refractivity contribution in [1.82, 2.24) is 9.19 Å². The first kappa shape index (κ1) is 22.5. The van der Waals surface area contributed by atoms with Gasteiger partial charge in [0.1, 0.15) is 5.60 Å². The molecule has 6 heteroatoms. The Balaban J connectivity index is 1.44. The molecule has 7 atom stereocenters. The maximum absolute atomic E-state index is 12.7. The van der Waals surface area contributed by atoms with Gasteiger partial charge in [-0.05, 0) is 92.4 Å². The predicted molar refractivity (Wildman–Crippen MR) is 125 cm³/mol. The van der Waals surface area contributed by atoms with Gasteiger partial charge in [0.05, 0.1) is 11.4 Å². The third-order valence-electron chi connectivity index (χ3n) is 10.4. The van der Waals surface area contributed by atoms with Gasteiger partial charge >= 0.3 is 0 Å². The molecular formula is C26H38N2O3S. The standard InChI is InChI=1S/C26H38N2O3S/c1-5-7-14-32(30,31)28-17-18-16-24(3)19(15-23(18)27-28)8-9-20-21(24)10-12-25(4)22(20)11-13-26(25,29)6-2/h2,17,19-22,29H,5,7-16H2,1,3-4H3/t19-,20?,21?,22?,24-,25-,26-/m0/s1. The minimum absolute atomic E-state index is 0.161. The molecule has 1 aromatic heterocycles. The van der Waals surface area contributed by atoms with E-state index in [0.29, 0.717) is 30.1 Å². The number of nitrogens with zero attached hydrogens (tertiary/aromatic N) is 2. The van der Waals surface area contributed by atoms with Gasteiger partial charge in [0.15, 0.2) is 0 Å². The molecule has 3 saturated carbocycles. The van der Waals surface area contributed by atoms with Gasteiger partial charge in [-0.15, -0.1) is 6.42 Å². The van der Waals surface area contributed by atoms with E-state index in [1.807, 2.05) is 13.1 Å². The first-order valence-electron chi connectivity index (χ1n) is 12.6. The summed E-state index contributed by atoms with van der Waals surface area (Å²) in [4.78, 5) is 0. The van der Waals surface area contributed by atoms with Crippen LogP contribution in [-0.2, 0) is 22.9 Å². The summed E-state index contributed by atoms with van der Waals surface area (Å²) in [7, 11) is -3.37. The molecule has 0 aromatic carbocycles. The minimum Gasteiger partial charge on any atom is -0.377 e. The van der Waals surface area contributed by atoms with Crippen LogP contribution < -0.4 is 0 Å². The Kier molecular flexibility index (Phi) is 5.15. The van der Waals surface area contributed by atoms with Gasteiger partial charge in [0, 0.05) is 11.6 Å². The molecule has 3 unspecified atom stereocenters. The van der Waals surface area contributed by atoms with Crippen LogP contribution in [-0.4, -0.2) is 34.1 Å². The molecular weight excluding hydrogens is 420 g/mol. The quantitative estimate of drug-likeness (QED) is 0.687. The van der Waals surface area contributed by atoms with E-state index in [1.54, 1.807) is 0 Å². The summed E-state index contributed by atoms with van der Waals surface area (Å²) >= 11 is 0. The first-order valence-corrected chi connectivity index (χ1v) is 14.2. The van der Waals surface area contributed by atoms with E-state index >= 15 is 0 Å². The highest BCUT2D eigenvalue weighted by Gasteiger charge is 2.64. The van der Waals surface area contributed by atoms with Crippen LogP contribution in [0.3, 0.4) is 0 Å². The SMILES string of the molecule is C#C[C@]1(O)CCC2C3CC[C@H]4Cc5nn(S(=O)(=O)CCCC)cc5C[C@]4(C)C3CC[C@@]21C. The molecule has 4 aliphatic carbocycles. The van der Waals surface area contributed by atoms with Crippen LogP contribution in [0.2, 0.25) is 0 Å². The second-order valence-electron chi connectivity index (χ2n) is 11.7. The smallest absolute Gasteiger partial charge is 0.253 e. The lowest BCUT2D eigenvalue weighted by molar-refractivity contribution is -0.127. The van der Waals surface area contributed by atoms with E-state index < -0.39 is 15.6 Å². The fourth-order valence-corrected chi connectivity index (χ4v) is 9.70. The Morgan fingerprint density at radius 3 is 2.69 bits per heavy atom. The van der Waals surface area contributed by atoms with Crippen molar-refractivity contribution in [3.63, 3.8) is 0 Å². The zero-order valence-corrected chi connectivity index (χ0v) is 20.6. The fraction of sp³-hybridized carbons (Fsp3) is 0.808. The zero-order chi connectivity index (χ0) is 22.9. The van der Waals surface area contributed by atoms with Crippen LogP contribution in [0.15, 0.2) is 6.20 Å². The van der Waals surface area contributed by atoms with Crippen LogP contribution in [0.5, 0.6) is 0 Å². The van der Waals surface area contributed by atoms with Crippen molar-refractivity contribution in [2.24, 2.45) is 34.5 Å². The summed E-state index contributed by atoms with van der Waals surface area (Å²) in [5.74, 6) is 5.17. The number of terminal acetylenes is 1. The van der Waals surface area contributed by atoms with Gasteiger partial charge in [-0.3, -0.25) is 0 Å². The Bertz CT molecular complexity index is 1060. The van der Waals surface area contributed by atoms with E-state index in [2.05, 4.69) is 24.9 Å². The van der Waals surface area contributed by atoms with E-state index in [4.69, 9.17) is 6.42 Å². The number of rotatable bonds is 4. The van der Waals surface area contributed by atoms with Crippen molar-refractivity contribution in [3.05, 3.63) is 17.5 Å². The van der Waals surface area contributed by atoms with Gasteiger partial charge in [-0.1, -0.05) is 33.1 Å². The number of hydrogen-bond donors (Lipinski definition) is 1. The molecule has 0 radical (unpaired) electrons. The topological polar surface area (TPSA) is 72.2 Å². The summed E-state index contributed by atoms with van der Waals surface area (Å²) in [5, 5.41) is 15.8. The molecule has 3 fully saturated rings. The zero-order valence-electron chi connectivity index (χ0n) is 19.8. The van der Waals surface area contributed by atoms with Crippen molar-refractivity contribution >= 4 is 10.0 Å². The minimum atomic E-state index is -3.37. The average Bonchev–Trinajstić information content (AvgIpc) is 3.29. The maximum atomic E-state index is 12.7. The molecule has 0 spiro atoms. The van der Waals surface area contributed by atoms with E-state index in [0.717, 1.165) is 62.6 Å². The molecule has 0 amide bonds. The van der Waals surface area contributed by atoms with Crippen LogP contribution in [0.1, 0.15) is 83.4 Å². The Morgan fingerprint density at radius 1 is 1.22 bits per heavy atom. The number of aromatic nitrogens is 2. The first-order chi connectivity index (χ1) is 15.1. The molecule has 5 nitrogen and oxygen atoms in total. The van der Waals surface area contributed by atoms with Crippen molar-refractivity contribution in [2.45, 2.75) is 90.6 Å². The number of aliphatic hydroxyl groups is 1. The summed E-state index contributed by atoms with van der Waals surface area (Å²) in [6, 6.07) is 0. The Labute approximate surface area is 193 Å². The third-order valence-corrected chi connectivity index (χ3v) is 11.9. The summed E-state index contributed by atoms with van der Waals surface area (Å²) < 4.78 is 26.8. The van der Waals surface area contributed by atoms with Crippen molar-refractivity contribution in [2.75, 3.05) is 5.75 Å². The molecule has 1 aromatic rings. The van der Waals surface area contributed by atoms with Crippen LogP contribution in [0, 0.1) is 46.8 Å². The highest BCUT2D eigenvalue weighted by molar-refractivity contribution is 7.89. The maximum Gasteiger partial charge on any atom is 0.253 e. The molecule has 1 heterocycles. The molecule has 0 bridgehead atoms. The Hall–Kier alpha value is -1.32. The molecule has 4 aliphatic rings. The summed E-state index contributed by atoms with van der Waals surface area (Å²) in [6.45, 7) is 6.69. The monoisotopic (exact) mass is 458 g/mol. The number of unbranched alkanes of at least 4 members (excludes halogenated alkanes) is 1. The normalized spacial score (nSPS) is 43.0. The molecule has 1 N–H and O–H groups in total. The molecule has 0 aliphatic heterocycles. The van der Waals surface area contributed by atoms with E-state index in [9.17, 15) is 13.5 Å². The van der Waals surface area contributed by atoms with Crippen LogP contribution >= 0.6 is 0 Å². The van der Waals surface area contributed by atoms with Gasteiger partial charge in [-0.25, -0.2) is 8.42 Å². The lowest BCUT2D eigenvalue weighted by atomic mass is 9.44. The van der Waals surface area contributed by atoms with Crippen molar-refractivity contribution in [3.8, 4) is 12.3 Å². The Morgan fingerprint density at radius 2 is 1.97 bits per heavy atom. The summed E-state index contributed by atoms with van der Waals surface area (Å²) in [6.07, 6.45) is 17.2. The largest absolute Gasteiger partial charge is 0.377 e. The molecule has 32 heavy (non-hydrogen) atoms. The van der Waals surface area contributed by atoms with Gasteiger partial charge < -0.3 is 5.11 Å². The van der Waals surface area contributed by atoms with Crippen LogP contribution in [0.4, 0.5) is 0 Å². The van der Waals surface area contributed by atoms with Gasteiger partial charge in [0.25, 0.3) is 10.0 Å². The van der Waals surface area contributed by atoms with Gasteiger partial charge in [-0.2, -0.15) is 9.19 Å². The number of fused-ring (bicyclic) bond motifs is 6. The molecule has 5 rings (SSSR count). The van der Waals surface area contributed by atoms with Crippen LogP contribution in [0.25, 0.3) is 0 Å². The van der Waals surface area contributed by atoms with Gasteiger partial charge in [0.2, 0.25) is 0 Å². The highest BCUT2D eigenvalue weighted by atomic mass is 32.2. The molecule has 176 valence electrons. The predicted octanol–water partition coefficient (Wildman–Crippen LogP) is 4.18. The van der Waals surface area contributed by atoms with E-state index in [-0.39, 0.29) is 16.6 Å². The number of hydrogen-bond acceptors (Lipinski definition) is 4. The summed E-state index contributed by atoms with van der Waals surface area (Å²) in [5.41, 5.74) is 1.14. The third kappa shape index (κ3) is 2.99.